The molecule has 0 amide bonds. The second-order valence-electron chi connectivity index (χ2n) is 5.98. The molecule has 1 aliphatic rings. The lowest BCUT2D eigenvalue weighted by Gasteiger charge is -2.18. The van der Waals surface area contributed by atoms with E-state index in [2.05, 4.69) is 15.6 Å². The first-order valence-electron chi connectivity index (χ1n) is 8.73. The Morgan fingerprint density at radius 2 is 2.27 bits per heavy atom. The van der Waals surface area contributed by atoms with Crippen molar-refractivity contribution in [3.63, 3.8) is 0 Å². The molecule has 0 saturated carbocycles. The zero-order chi connectivity index (χ0) is 17.9. The lowest BCUT2D eigenvalue weighted by atomic mass is 10.2. The van der Waals surface area contributed by atoms with E-state index < -0.39 is 0 Å². The van der Waals surface area contributed by atoms with Crippen molar-refractivity contribution >= 4 is 29.9 Å². The van der Waals surface area contributed by atoms with E-state index in [0.29, 0.717) is 38.0 Å². The number of halogens is 2. The van der Waals surface area contributed by atoms with Crippen molar-refractivity contribution in [1.29, 1.82) is 0 Å². The van der Waals surface area contributed by atoms with Gasteiger partial charge in [0.15, 0.2) is 5.96 Å². The van der Waals surface area contributed by atoms with Crippen LogP contribution in [0.2, 0.25) is 0 Å². The second-order valence-corrected chi connectivity index (χ2v) is 5.98. The number of aliphatic imine (C=N–C) groups is 1. The summed E-state index contributed by atoms with van der Waals surface area (Å²) in [6.45, 7) is 5.20. The third-order valence-corrected chi connectivity index (χ3v) is 3.78. The van der Waals surface area contributed by atoms with Crippen molar-refractivity contribution in [3.05, 3.63) is 30.1 Å². The van der Waals surface area contributed by atoms with Gasteiger partial charge in [-0.05, 0) is 31.9 Å². The van der Waals surface area contributed by atoms with Crippen molar-refractivity contribution in [3.8, 4) is 5.75 Å². The van der Waals surface area contributed by atoms with Crippen molar-refractivity contribution in [2.75, 3.05) is 40.0 Å². The van der Waals surface area contributed by atoms with Crippen LogP contribution in [-0.2, 0) is 9.47 Å². The molecule has 1 aromatic rings. The van der Waals surface area contributed by atoms with Gasteiger partial charge < -0.3 is 24.8 Å². The minimum atomic E-state index is -0.307. The minimum absolute atomic E-state index is 0. The molecular weight excluding hydrogens is 452 g/mol. The van der Waals surface area contributed by atoms with Crippen LogP contribution in [0, 0.1) is 5.82 Å². The first-order chi connectivity index (χ1) is 12.2. The van der Waals surface area contributed by atoms with E-state index >= 15 is 0 Å². The van der Waals surface area contributed by atoms with Gasteiger partial charge in [-0.15, -0.1) is 24.0 Å². The number of benzene rings is 1. The van der Waals surface area contributed by atoms with Gasteiger partial charge in [0.05, 0.1) is 25.9 Å². The van der Waals surface area contributed by atoms with Gasteiger partial charge in [-0.25, -0.2) is 4.39 Å². The van der Waals surface area contributed by atoms with Crippen molar-refractivity contribution < 1.29 is 18.6 Å². The summed E-state index contributed by atoms with van der Waals surface area (Å²) in [6, 6.07) is 6.12. The molecule has 1 saturated heterocycles. The van der Waals surface area contributed by atoms with E-state index in [0.717, 1.165) is 19.4 Å². The smallest absolute Gasteiger partial charge is 0.191 e. The quantitative estimate of drug-likeness (QED) is 0.246. The molecular formula is C18H29FIN3O3. The van der Waals surface area contributed by atoms with Crippen molar-refractivity contribution in [2.24, 2.45) is 4.99 Å². The van der Waals surface area contributed by atoms with Gasteiger partial charge in [0, 0.05) is 26.3 Å². The van der Waals surface area contributed by atoms with Gasteiger partial charge in [-0.2, -0.15) is 0 Å². The van der Waals surface area contributed by atoms with Crippen LogP contribution in [-0.4, -0.2) is 58.1 Å². The first kappa shape index (κ1) is 22.9. The van der Waals surface area contributed by atoms with Crippen LogP contribution in [0.3, 0.4) is 0 Å². The number of rotatable bonds is 9. The van der Waals surface area contributed by atoms with Crippen LogP contribution in [0.15, 0.2) is 29.3 Å². The van der Waals surface area contributed by atoms with Gasteiger partial charge in [0.25, 0.3) is 0 Å². The third kappa shape index (κ3) is 9.00. The maximum atomic E-state index is 13.1. The topological polar surface area (TPSA) is 64.1 Å². The van der Waals surface area contributed by atoms with E-state index in [9.17, 15) is 4.39 Å². The minimum Gasteiger partial charge on any atom is -0.489 e. The maximum absolute atomic E-state index is 13.1. The standard InChI is InChI=1S/C18H28FN3O3.HI/c1-14(25-16-6-3-5-15(19)11-16)12-22-18(20-2)21-8-10-23-13-17-7-4-9-24-17;/h3,5-6,11,14,17H,4,7-10,12-13H2,1-2H3,(H2,20,21,22);1H. The highest BCUT2D eigenvalue weighted by molar-refractivity contribution is 14.0. The zero-order valence-electron chi connectivity index (χ0n) is 15.4. The Morgan fingerprint density at radius 3 is 2.96 bits per heavy atom. The monoisotopic (exact) mass is 481 g/mol. The molecule has 1 heterocycles. The Hall–Kier alpha value is -1.13. The third-order valence-electron chi connectivity index (χ3n) is 3.78. The van der Waals surface area contributed by atoms with Gasteiger partial charge in [-0.1, -0.05) is 6.07 Å². The second kappa shape index (κ2) is 13.1. The van der Waals surface area contributed by atoms with E-state index in [4.69, 9.17) is 14.2 Å². The molecule has 6 nitrogen and oxygen atoms in total. The van der Waals surface area contributed by atoms with Gasteiger partial charge in [-0.3, -0.25) is 4.99 Å². The summed E-state index contributed by atoms with van der Waals surface area (Å²) in [5, 5.41) is 6.36. The Balaban J connectivity index is 0.00000338. The lowest BCUT2D eigenvalue weighted by Crippen LogP contribution is -2.43. The number of hydrogen-bond acceptors (Lipinski definition) is 4. The van der Waals surface area contributed by atoms with Crippen LogP contribution in [0.1, 0.15) is 19.8 Å². The highest BCUT2D eigenvalue weighted by Gasteiger charge is 2.15. The highest BCUT2D eigenvalue weighted by atomic mass is 127. The molecule has 8 heteroatoms. The number of nitrogens with one attached hydrogen (secondary N) is 2. The summed E-state index contributed by atoms with van der Waals surface area (Å²) in [7, 11) is 1.71. The molecule has 2 atom stereocenters. The molecule has 2 rings (SSSR count). The summed E-state index contributed by atoms with van der Waals surface area (Å²) in [4.78, 5) is 4.15. The highest BCUT2D eigenvalue weighted by Crippen LogP contribution is 2.13. The largest absolute Gasteiger partial charge is 0.489 e. The molecule has 0 aliphatic carbocycles. The van der Waals surface area contributed by atoms with Crippen LogP contribution in [0.25, 0.3) is 0 Å². The first-order valence-corrected chi connectivity index (χ1v) is 8.73. The number of nitrogens with zero attached hydrogens (tertiary/aromatic N) is 1. The average Bonchev–Trinajstić information content (AvgIpc) is 3.10. The molecule has 0 spiro atoms. The van der Waals surface area contributed by atoms with E-state index in [1.54, 1.807) is 19.2 Å². The molecule has 26 heavy (non-hydrogen) atoms. The van der Waals surface area contributed by atoms with Crippen LogP contribution >= 0.6 is 24.0 Å². The Labute approximate surface area is 171 Å². The molecule has 1 aromatic carbocycles. The Morgan fingerprint density at radius 1 is 1.42 bits per heavy atom. The summed E-state index contributed by atoms with van der Waals surface area (Å²) < 4.78 is 29.9. The number of ether oxygens (including phenoxy) is 3. The number of guanidine groups is 1. The normalized spacial score (nSPS) is 18.1. The predicted molar refractivity (Wildman–Crippen MR) is 111 cm³/mol. The van der Waals surface area contributed by atoms with Crippen LogP contribution in [0.5, 0.6) is 5.75 Å². The number of hydrogen-bond donors (Lipinski definition) is 2. The summed E-state index contributed by atoms with van der Waals surface area (Å²) in [5.41, 5.74) is 0. The van der Waals surface area contributed by atoms with Crippen LogP contribution < -0.4 is 15.4 Å². The molecule has 2 unspecified atom stereocenters. The van der Waals surface area contributed by atoms with Gasteiger partial charge in [0.1, 0.15) is 17.7 Å². The summed E-state index contributed by atoms with van der Waals surface area (Å²) in [5.74, 6) is 0.883. The van der Waals surface area contributed by atoms with Crippen LogP contribution in [0.4, 0.5) is 4.39 Å². The Kier molecular flexibility index (Phi) is 11.5. The van der Waals surface area contributed by atoms with Gasteiger partial charge in [0.2, 0.25) is 0 Å². The molecule has 2 N–H and O–H groups in total. The van der Waals surface area contributed by atoms with E-state index in [-0.39, 0.29) is 42.0 Å². The fourth-order valence-electron chi connectivity index (χ4n) is 2.51. The fourth-order valence-corrected chi connectivity index (χ4v) is 2.51. The zero-order valence-corrected chi connectivity index (χ0v) is 17.7. The lowest BCUT2D eigenvalue weighted by molar-refractivity contribution is 0.0191. The SMILES string of the molecule is CN=C(NCCOCC1CCCO1)NCC(C)Oc1cccc(F)c1.I. The molecule has 0 radical (unpaired) electrons. The van der Waals surface area contributed by atoms with Gasteiger partial charge >= 0.3 is 0 Å². The van der Waals surface area contributed by atoms with E-state index in [1.165, 1.54) is 12.1 Å². The molecule has 1 aliphatic heterocycles. The fraction of sp³-hybridized carbons (Fsp3) is 0.611. The van der Waals surface area contributed by atoms with Crippen molar-refractivity contribution in [1.82, 2.24) is 10.6 Å². The maximum Gasteiger partial charge on any atom is 0.191 e. The van der Waals surface area contributed by atoms with E-state index in [1.807, 2.05) is 6.92 Å². The van der Waals surface area contributed by atoms with Crippen molar-refractivity contribution in [2.45, 2.75) is 32.0 Å². The average molecular weight is 481 g/mol. The molecule has 148 valence electrons. The predicted octanol–water partition coefficient (Wildman–Crippen LogP) is 2.57. The molecule has 0 aromatic heterocycles. The molecule has 1 fully saturated rings. The summed E-state index contributed by atoms with van der Waals surface area (Å²) in [6.07, 6.45) is 2.33. The summed E-state index contributed by atoms with van der Waals surface area (Å²) >= 11 is 0. The molecule has 0 bridgehead atoms. The Bertz CT molecular complexity index is 542.